The third kappa shape index (κ3) is 6.60. The van der Waals surface area contributed by atoms with E-state index >= 15 is 0 Å². The molecule has 0 spiro atoms. The van der Waals surface area contributed by atoms with Gasteiger partial charge in [-0.1, -0.05) is 84.7 Å². The first-order valence-corrected chi connectivity index (χ1v) is 12.4. The van der Waals surface area contributed by atoms with E-state index in [2.05, 4.69) is 10.3 Å². The van der Waals surface area contributed by atoms with Crippen molar-refractivity contribution in [1.29, 1.82) is 0 Å². The number of rotatable bonds is 9. The topological polar surface area (TPSA) is 95.6 Å². The van der Waals surface area contributed by atoms with Gasteiger partial charge in [0.2, 0.25) is 5.91 Å². The average Bonchev–Trinajstić information content (AvgIpc) is 3.06. The summed E-state index contributed by atoms with van der Waals surface area (Å²) < 4.78 is 24.6. The van der Waals surface area contributed by atoms with Crippen molar-refractivity contribution in [3.63, 3.8) is 0 Å². The number of amides is 2. The molecule has 0 unspecified atom stereocenters. The van der Waals surface area contributed by atoms with Crippen molar-refractivity contribution in [2.24, 2.45) is 0 Å². The Morgan fingerprint density at radius 3 is 2.41 bits per heavy atom. The third-order valence-electron chi connectivity index (χ3n) is 4.37. The van der Waals surface area contributed by atoms with E-state index < -0.39 is 15.9 Å². The number of benzene rings is 2. The summed E-state index contributed by atoms with van der Waals surface area (Å²) in [6.45, 7) is 0.267. The van der Waals surface area contributed by atoms with E-state index in [0.29, 0.717) is 15.6 Å². The molecule has 1 aliphatic heterocycles. The Labute approximate surface area is 196 Å². The van der Waals surface area contributed by atoms with Crippen LogP contribution < -0.4 is 10.3 Å². The van der Waals surface area contributed by atoms with E-state index in [1.165, 1.54) is 28.8 Å². The Kier molecular flexibility index (Phi) is 8.34. The Bertz CT molecular complexity index is 1150. The van der Waals surface area contributed by atoms with E-state index in [-0.39, 0.29) is 23.8 Å². The van der Waals surface area contributed by atoms with Crippen LogP contribution in [0.3, 0.4) is 0 Å². The van der Waals surface area contributed by atoms with Gasteiger partial charge in [0.15, 0.2) is 0 Å². The second kappa shape index (κ2) is 11.2. The van der Waals surface area contributed by atoms with E-state index in [0.717, 1.165) is 5.56 Å². The van der Waals surface area contributed by atoms with Gasteiger partial charge in [-0.3, -0.25) is 19.9 Å². The van der Waals surface area contributed by atoms with E-state index in [4.69, 9.17) is 12.2 Å². The molecule has 10 heteroatoms. The van der Waals surface area contributed by atoms with Gasteiger partial charge in [-0.05, 0) is 30.2 Å². The Morgan fingerprint density at radius 2 is 1.72 bits per heavy atom. The molecule has 0 bridgehead atoms. The summed E-state index contributed by atoms with van der Waals surface area (Å²) in [5.74, 6) is -0.709. The molecular formula is C22H21N3O4S3. The van der Waals surface area contributed by atoms with Crippen molar-refractivity contribution in [2.75, 3.05) is 6.54 Å². The fraction of sp³-hybridized carbons (Fsp3) is 0.136. The monoisotopic (exact) mass is 487 g/mol. The lowest BCUT2D eigenvalue weighted by molar-refractivity contribution is -0.124. The molecule has 7 nitrogen and oxygen atoms in total. The Hall–Kier alpha value is -2.79. The van der Waals surface area contributed by atoms with Crippen molar-refractivity contribution in [1.82, 2.24) is 15.2 Å². The third-order valence-corrected chi connectivity index (χ3v) is 7.03. The molecular weight excluding hydrogens is 466 g/mol. The largest absolute Gasteiger partial charge is 0.293 e. The molecule has 0 radical (unpaired) electrons. The van der Waals surface area contributed by atoms with Crippen molar-refractivity contribution in [2.45, 2.75) is 17.7 Å². The number of nitrogens with zero attached hydrogens (tertiary/aromatic N) is 1. The van der Waals surface area contributed by atoms with E-state index in [1.807, 2.05) is 36.4 Å². The molecule has 3 rings (SSSR count). The number of allylic oxidation sites excluding steroid dienone is 2. The first-order chi connectivity index (χ1) is 15.4. The number of hydrogen-bond acceptors (Lipinski definition) is 6. The van der Waals surface area contributed by atoms with Gasteiger partial charge < -0.3 is 0 Å². The van der Waals surface area contributed by atoms with Crippen molar-refractivity contribution < 1.29 is 18.0 Å². The molecule has 0 atom stereocenters. The van der Waals surface area contributed by atoms with Crippen LogP contribution in [0.25, 0.3) is 6.08 Å². The standard InChI is InChI=1S/C22H21N3O4S3/c26-20(23-24-32(28,29)18-12-5-2-6-13-18)15-8-16-25-21(27)19(31-22(25)30)14-7-11-17-9-3-1-4-10-17/h1-7,9-14,24H,8,15-16H2,(H,23,26). The van der Waals surface area contributed by atoms with Gasteiger partial charge >= 0.3 is 0 Å². The second-order valence-electron chi connectivity index (χ2n) is 6.70. The van der Waals surface area contributed by atoms with Crippen molar-refractivity contribution in [3.8, 4) is 0 Å². The number of carbonyl (C=O) groups is 2. The zero-order valence-electron chi connectivity index (χ0n) is 16.9. The fourth-order valence-electron chi connectivity index (χ4n) is 2.76. The van der Waals surface area contributed by atoms with Crippen LogP contribution in [0.15, 0.2) is 82.6 Å². The van der Waals surface area contributed by atoms with Crippen LogP contribution in [0.5, 0.6) is 0 Å². The number of hydrogen-bond donors (Lipinski definition) is 2. The maximum absolute atomic E-state index is 12.6. The van der Waals surface area contributed by atoms with Crippen LogP contribution in [0.2, 0.25) is 0 Å². The van der Waals surface area contributed by atoms with Crippen LogP contribution >= 0.6 is 24.0 Å². The lowest BCUT2D eigenvalue weighted by Crippen LogP contribution is -2.41. The first-order valence-electron chi connectivity index (χ1n) is 9.69. The highest BCUT2D eigenvalue weighted by Gasteiger charge is 2.31. The van der Waals surface area contributed by atoms with Crippen LogP contribution in [-0.4, -0.2) is 36.0 Å². The van der Waals surface area contributed by atoms with Gasteiger partial charge in [0.05, 0.1) is 9.80 Å². The van der Waals surface area contributed by atoms with Crippen LogP contribution in [0.1, 0.15) is 18.4 Å². The molecule has 1 saturated heterocycles. The summed E-state index contributed by atoms with van der Waals surface area (Å²) in [4.78, 5) is 28.6. The number of thioether (sulfide) groups is 1. The summed E-state index contributed by atoms with van der Waals surface area (Å²) >= 11 is 6.50. The van der Waals surface area contributed by atoms with Gasteiger partial charge in [-0.2, -0.15) is 0 Å². The highest BCUT2D eigenvalue weighted by atomic mass is 32.2. The number of sulfonamides is 1. The minimum Gasteiger partial charge on any atom is -0.293 e. The van der Waals surface area contributed by atoms with Gasteiger partial charge in [0.25, 0.3) is 15.9 Å². The lowest BCUT2D eigenvalue weighted by atomic mass is 10.2. The molecule has 2 N–H and O–H groups in total. The molecule has 1 aliphatic rings. The van der Waals surface area contributed by atoms with Gasteiger partial charge in [0.1, 0.15) is 4.32 Å². The van der Waals surface area contributed by atoms with Gasteiger partial charge in [-0.15, -0.1) is 4.83 Å². The number of thiocarbonyl (C=S) groups is 1. The van der Waals surface area contributed by atoms with Crippen molar-refractivity contribution in [3.05, 3.63) is 83.3 Å². The molecule has 1 fully saturated rings. The maximum Gasteiger partial charge on any atom is 0.266 e. The summed E-state index contributed by atoms with van der Waals surface area (Å²) in [6, 6.07) is 17.4. The predicted octanol–water partition coefficient (Wildman–Crippen LogP) is 3.23. The van der Waals surface area contributed by atoms with Gasteiger partial charge in [-0.25, -0.2) is 8.42 Å². The smallest absolute Gasteiger partial charge is 0.266 e. The van der Waals surface area contributed by atoms with Crippen LogP contribution in [0, 0.1) is 0 Å². The van der Waals surface area contributed by atoms with E-state index in [1.54, 1.807) is 30.4 Å². The Balaban J connectivity index is 1.45. The molecule has 2 amide bonds. The lowest BCUT2D eigenvalue weighted by Gasteiger charge is -2.14. The molecule has 166 valence electrons. The predicted molar refractivity (Wildman–Crippen MR) is 130 cm³/mol. The molecule has 2 aromatic rings. The molecule has 1 heterocycles. The fourth-order valence-corrected chi connectivity index (χ4v) is 4.90. The Morgan fingerprint density at radius 1 is 1.06 bits per heavy atom. The molecule has 0 aromatic heterocycles. The number of carbonyl (C=O) groups excluding carboxylic acids is 2. The van der Waals surface area contributed by atoms with Crippen molar-refractivity contribution >= 4 is 56.2 Å². The highest BCUT2D eigenvalue weighted by molar-refractivity contribution is 8.26. The minimum atomic E-state index is -3.83. The average molecular weight is 488 g/mol. The summed E-state index contributed by atoms with van der Waals surface area (Å²) in [5.41, 5.74) is 3.20. The number of hydrazine groups is 1. The second-order valence-corrected chi connectivity index (χ2v) is 10.1. The van der Waals surface area contributed by atoms with E-state index in [9.17, 15) is 18.0 Å². The highest BCUT2D eigenvalue weighted by Crippen LogP contribution is 2.31. The zero-order valence-corrected chi connectivity index (χ0v) is 19.4. The quantitative estimate of drug-likeness (QED) is 0.320. The van der Waals surface area contributed by atoms with Crippen LogP contribution in [-0.2, 0) is 19.6 Å². The zero-order chi connectivity index (χ0) is 23.0. The normalized spacial score (nSPS) is 15.6. The first kappa shape index (κ1) is 23.9. The SMILES string of the molecule is O=C(CCCN1C(=O)C(=CC=Cc2ccccc2)SC1=S)NNS(=O)(=O)c1ccccc1. The summed E-state index contributed by atoms with van der Waals surface area (Å²) in [5, 5.41) is 0. The number of nitrogens with one attached hydrogen (secondary N) is 2. The molecule has 0 saturated carbocycles. The molecule has 2 aromatic carbocycles. The minimum absolute atomic E-state index is 0.0291. The van der Waals surface area contributed by atoms with Gasteiger partial charge in [0, 0.05) is 13.0 Å². The maximum atomic E-state index is 12.6. The summed E-state index contributed by atoms with van der Waals surface area (Å²) in [7, 11) is -3.83. The molecule has 0 aliphatic carbocycles. The molecule has 32 heavy (non-hydrogen) atoms. The summed E-state index contributed by atoms with van der Waals surface area (Å²) in [6.07, 6.45) is 5.78. The van der Waals surface area contributed by atoms with Crippen LogP contribution in [0.4, 0.5) is 0 Å².